The average Bonchev–Trinajstić information content (AvgIpc) is 3.18. The minimum absolute atomic E-state index is 0.446. The minimum atomic E-state index is 0.446. The zero-order valence-electron chi connectivity index (χ0n) is 16.3. The Hall–Kier alpha value is -3.09. The molecule has 0 amide bonds. The number of benzene rings is 1. The van der Waals surface area contributed by atoms with E-state index in [0.29, 0.717) is 23.2 Å². The quantitative estimate of drug-likeness (QED) is 0.625. The Morgan fingerprint density at radius 2 is 1.78 bits per heavy atom. The third-order valence-corrected chi connectivity index (χ3v) is 4.35. The minimum Gasteiger partial charge on any atom is -0.497 e. The highest BCUT2D eigenvalue weighted by Crippen LogP contribution is 2.33. The molecule has 2 heterocycles. The summed E-state index contributed by atoms with van der Waals surface area (Å²) in [7, 11) is 3.21. The molecule has 7 heteroatoms. The highest BCUT2D eigenvalue weighted by molar-refractivity contribution is 5.68. The molecule has 7 nitrogen and oxygen atoms in total. The lowest BCUT2D eigenvalue weighted by atomic mass is 10.1. The lowest BCUT2D eigenvalue weighted by Crippen LogP contribution is -2.23. The molecule has 0 aliphatic heterocycles. The molecule has 3 aromatic rings. The fourth-order valence-electron chi connectivity index (χ4n) is 2.92. The van der Waals surface area contributed by atoms with Crippen LogP contribution in [-0.2, 0) is 0 Å². The first-order valence-electron chi connectivity index (χ1n) is 8.89. The molecule has 0 radical (unpaired) electrons. The lowest BCUT2D eigenvalue weighted by molar-refractivity contribution is 0.394. The van der Waals surface area contributed by atoms with Crippen LogP contribution in [0, 0.1) is 6.92 Å². The molecule has 0 N–H and O–H groups in total. The van der Waals surface area contributed by atoms with E-state index in [-0.39, 0.29) is 0 Å². The monoisotopic (exact) mass is 368 g/mol. The average molecular weight is 368 g/mol. The molecular formula is C20H24N4O3. The summed E-state index contributed by atoms with van der Waals surface area (Å²) in [4.78, 5) is 11.4. The second kappa shape index (κ2) is 8.07. The molecule has 2 aromatic heterocycles. The van der Waals surface area contributed by atoms with E-state index in [0.717, 1.165) is 35.7 Å². The van der Waals surface area contributed by atoms with Crippen molar-refractivity contribution in [2.24, 2.45) is 0 Å². The summed E-state index contributed by atoms with van der Waals surface area (Å²) >= 11 is 0. The number of nitrogens with zero attached hydrogens (tertiary/aromatic N) is 4. The van der Waals surface area contributed by atoms with Gasteiger partial charge in [0.25, 0.3) is 5.89 Å². The Balaban J connectivity index is 1.99. The number of pyridine rings is 1. The SMILES string of the molecule is CCN(CC)c1cc(-c2nc(-c3ccc(OC)cc3OC)no2)cc(C)n1. The van der Waals surface area contributed by atoms with E-state index >= 15 is 0 Å². The number of ether oxygens (including phenoxy) is 2. The van der Waals surface area contributed by atoms with Crippen LogP contribution < -0.4 is 14.4 Å². The number of anilines is 1. The van der Waals surface area contributed by atoms with Gasteiger partial charge in [0.05, 0.1) is 19.8 Å². The van der Waals surface area contributed by atoms with Crippen molar-refractivity contribution < 1.29 is 14.0 Å². The number of aryl methyl sites for hydroxylation is 1. The van der Waals surface area contributed by atoms with Gasteiger partial charge in [-0.2, -0.15) is 4.98 Å². The van der Waals surface area contributed by atoms with E-state index in [1.807, 2.05) is 31.2 Å². The maximum Gasteiger partial charge on any atom is 0.258 e. The molecule has 0 aliphatic carbocycles. The van der Waals surface area contributed by atoms with Crippen LogP contribution in [0.5, 0.6) is 11.5 Å². The van der Waals surface area contributed by atoms with E-state index in [1.165, 1.54) is 0 Å². The second-order valence-corrected chi connectivity index (χ2v) is 6.02. The van der Waals surface area contributed by atoms with Crippen molar-refractivity contribution in [1.29, 1.82) is 0 Å². The van der Waals surface area contributed by atoms with Gasteiger partial charge in [-0.3, -0.25) is 0 Å². The molecule has 0 fully saturated rings. The van der Waals surface area contributed by atoms with Gasteiger partial charge in [0, 0.05) is 30.4 Å². The number of rotatable bonds is 7. The zero-order chi connectivity index (χ0) is 19.4. The van der Waals surface area contributed by atoms with Crippen LogP contribution in [-0.4, -0.2) is 42.4 Å². The molecule has 0 bridgehead atoms. The summed E-state index contributed by atoms with van der Waals surface area (Å²) in [6.45, 7) is 7.93. The van der Waals surface area contributed by atoms with Crippen molar-refractivity contribution in [2.75, 3.05) is 32.2 Å². The molecule has 0 saturated heterocycles. The Kier molecular flexibility index (Phi) is 5.59. The Bertz CT molecular complexity index is 919. The summed E-state index contributed by atoms with van der Waals surface area (Å²) in [5, 5.41) is 4.13. The third kappa shape index (κ3) is 3.86. The molecule has 3 rings (SSSR count). The smallest absolute Gasteiger partial charge is 0.258 e. The van der Waals surface area contributed by atoms with Crippen LogP contribution in [0.25, 0.3) is 22.8 Å². The molecule has 142 valence electrons. The van der Waals surface area contributed by atoms with Gasteiger partial charge in [-0.15, -0.1) is 0 Å². The second-order valence-electron chi connectivity index (χ2n) is 6.02. The van der Waals surface area contributed by atoms with Gasteiger partial charge in [-0.05, 0) is 45.0 Å². The molecule has 0 spiro atoms. The molecule has 0 unspecified atom stereocenters. The van der Waals surface area contributed by atoms with Gasteiger partial charge in [0.15, 0.2) is 0 Å². The van der Waals surface area contributed by atoms with Gasteiger partial charge in [0.1, 0.15) is 17.3 Å². The highest BCUT2D eigenvalue weighted by Gasteiger charge is 2.17. The van der Waals surface area contributed by atoms with Crippen molar-refractivity contribution in [1.82, 2.24) is 15.1 Å². The number of hydrogen-bond acceptors (Lipinski definition) is 7. The molecule has 27 heavy (non-hydrogen) atoms. The van der Waals surface area contributed by atoms with Crippen LogP contribution >= 0.6 is 0 Å². The molecule has 0 saturated carbocycles. The summed E-state index contributed by atoms with van der Waals surface area (Å²) in [5.41, 5.74) is 2.48. The number of aromatic nitrogens is 3. The van der Waals surface area contributed by atoms with E-state index in [9.17, 15) is 0 Å². The standard InChI is InChI=1S/C20H24N4O3/c1-6-24(7-2)18-11-14(10-13(3)21-18)20-22-19(23-27-20)16-9-8-15(25-4)12-17(16)26-5/h8-12H,6-7H2,1-5H3. The maximum absolute atomic E-state index is 5.52. The topological polar surface area (TPSA) is 73.5 Å². The van der Waals surface area contributed by atoms with Crippen LogP contribution in [0.15, 0.2) is 34.9 Å². The van der Waals surface area contributed by atoms with Crippen LogP contribution in [0.3, 0.4) is 0 Å². The van der Waals surface area contributed by atoms with Gasteiger partial charge in [-0.1, -0.05) is 5.16 Å². The fourth-order valence-corrected chi connectivity index (χ4v) is 2.92. The van der Waals surface area contributed by atoms with E-state index in [4.69, 9.17) is 14.0 Å². The molecule has 0 aliphatic rings. The van der Waals surface area contributed by atoms with Crippen molar-refractivity contribution in [3.05, 3.63) is 36.0 Å². The Morgan fingerprint density at radius 1 is 1.00 bits per heavy atom. The Labute approximate surface area is 158 Å². The molecule has 1 aromatic carbocycles. The van der Waals surface area contributed by atoms with E-state index in [1.54, 1.807) is 20.3 Å². The summed E-state index contributed by atoms with van der Waals surface area (Å²) in [5.74, 6) is 3.13. The number of hydrogen-bond donors (Lipinski definition) is 0. The summed E-state index contributed by atoms with van der Waals surface area (Å²) in [6.07, 6.45) is 0. The predicted octanol–water partition coefficient (Wildman–Crippen LogP) is 3.97. The lowest BCUT2D eigenvalue weighted by Gasteiger charge is -2.20. The van der Waals surface area contributed by atoms with Crippen LogP contribution in [0.4, 0.5) is 5.82 Å². The van der Waals surface area contributed by atoms with Crippen molar-refractivity contribution in [3.63, 3.8) is 0 Å². The fraction of sp³-hybridized carbons (Fsp3) is 0.350. The van der Waals surface area contributed by atoms with Gasteiger partial charge in [0.2, 0.25) is 5.82 Å². The van der Waals surface area contributed by atoms with E-state index in [2.05, 4.69) is 33.9 Å². The molecular weight excluding hydrogens is 344 g/mol. The van der Waals surface area contributed by atoms with Crippen LogP contribution in [0.1, 0.15) is 19.5 Å². The van der Waals surface area contributed by atoms with Crippen molar-refractivity contribution in [3.8, 4) is 34.3 Å². The summed E-state index contributed by atoms with van der Waals surface area (Å²) < 4.78 is 16.2. The first-order valence-corrected chi connectivity index (χ1v) is 8.89. The zero-order valence-corrected chi connectivity index (χ0v) is 16.3. The van der Waals surface area contributed by atoms with Gasteiger partial charge >= 0.3 is 0 Å². The third-order valence-electron chi connectivity index (χ3n) is 4.35. The van der Waals surface area contributed by atoms with Crippen molar-refractivity contribution >= 4 is 5.82 Å². The van der Waals surface area contributed by atoms with Gasteiger partial charge in [-0.25, -0.2) is 4.98 Å². The first-order chi connectivity index (χ1) is 13.1. The summed E-state index contributed by atoms with van der Waals surface area (Å²) in [6, 6.07) is 9.40. The maximum atomic E-state index is 5.52. The van der Waals surface area contributed by atoms with Gasteiger partial charge < -0.3 is 18.9 Å². The number of methoxy groups -OCH3 is 2. The Morgan fingerprint density at radius 3 is 2.44 bits per heavy atom. The van der Waals surface area contributed by atoms with E-state index < -0.39 is 0 Å². The predicted molar refractivity (Wildman–Crippen MR) is 104 cm³/mol. The highest BCUT2D eigenvalue weighted by atomic mass is 16.5. The van der Waals surface area contributed by atoms with Crippen LogP contribution in [0.2, 0.25) is 0 Å². The van der Waals surface area contributed by atoms with Crippen molar-refractivity contribution in [2.45, 2.75) is 20.8 Å². The normalized spacial score (nSPS) is 10.7. The first kappa shape index (κ1) is 18.7. The largest absolute Gasteiger partial charge is 0.497 e. The molecule has 0 atom stereocenters.